The van der Waals surface area contributed by atoms with Crippen LogP contribution in [0.3, 0.4) is 0 Å². The van der Waals surface area contributed by atoms with Crippen LogP contribution in [-0.4, -0.2) is 76.0 Å². The maximum atomic E-state index is 12.2. The molecule has 0 saturated heterocycles. The summed E-state index contributed by atoms with van der Waals surface area (Å²) in [6.45, 7) is 1.76. The number of benzene rings is 2. The Labute approximate surface area is 235 Å². The maximum absolute atomic E-state index is 12.2. The van der Waals surface area contributed by atoms with Crippen LogP contribution >= 0.6 is 0 Å². The van der Waals surface area contributed by atoms with Crippen molar-refractivity contribution in [3.05, 3.63) is 59.7 Å². The number of ether oxygens (including phenoxy) is 2. The van der Waals surface area contributed by atoms with E-state index < -0.39 is 4.71 Å². The molecule has 10 heteroatoms. The van der Waals surface area contributed by atoms with Gasteiger partial charge in [0, 0.05) is 61.9 Å². The number of hydrogen-bond acceptors (Lipinski definition) is 9. The van der Waals surface area contributed by atoms with E-state index in [1.807, 2.05) is 67.2 Å². The van der Waals surface area contributed by atoms with Crippen molar-refractivity contribution in [1.29, 1.82) is 0 Å². The summed E-state index contributed by atoms with van der Waals surface area (Å²) >= 11 is 10.5. The quantitative estimate of drug-likeness (QED) is 0.136. The number of carbonyl (C=O) groups is 2. The topological polar surface area (TPSA) is 62.3 Å². The van der Waals surface area contributed by atoms with Crippen molar-refractivity contribution in [3.8, 4) is 0 Å². The molecular formula is C25H33AuN3O4S2-2. The summed E-state index contributed by atoms with van der Waals surface area (Å²) in [5.41, 5.74) is 3.07. The minimum atomic E-state index is -0.483. The van der Waals surface area contributed by atoms with Gasteiger partial charge in [-0.2, -0.15) is 0 Å². The van der Waals surface area contributed by atoms with Crippen molar-refractivity contribution in [2.24, 2.45) is 0 Å². The van der Waals surface area contributed by atoms with Crippen LogP contribution in [0.2, 0.25) is 0 Å². The third-order valence-electron chi connectivity index (χ3n) is 5.18. The molecule has 0 heterocycles. The smallest absolute Gasteiger partial charge is 0.338 e. The van der Waals surface area contributed by atoms with E-state index in [-0.39, 0.29) is 47.5 Å². The van der Waals surface area contributed by atoms with Crippen LogP contribution in [-0.2, 0) is 57.1 Å². The largest absolute Gasteiger partial charge is 0.800 e. The SMILES string of the molecule is CN(C)c1ccc(C(=O)OCCCN(CCCOC(=O)c2ccc(N(C)C)cc2)C([S-])[S-])cc1.[Au]. The fraction of sp³-hybridized carbons (Fsp3) is 0.440. The number of esters is 2. The van der Waals surface area contributed by atoms with Crippen molar-refractivity contribution < 1.29 is 41.4 Å². The minimum Gasteiger partial charge on any atom is -0.800 e. The molecule has 0 amide bonds. The molecule has 0 aromatic heterocycles. The van der Waals surface area contributed by atoms with Gasteiger partial charge >= 0.3 is 11.9 Å². The van der Waals surface area contributed by atoms with E-state index in [2.05, 4.69) is 0 Å². The second-order valence-corrected chi connectivity index (χ2v) is 9.40. The fourth-order valence-electron chi connectivity index (χ4n) is 3.15. The standard InChI is InChI=1S/C25H35N3O4S2.Au/c1-26(2)21-11-7-19(8-12-21)23(29)31-17-5-15-28(25(33)34)16-6-18-32-24(30)20-9-13-22(14-10-20)27(3)4;/h7-14,25,33-34H,5-6,15-18H2,1-4H3;/p-2. The van der Waals surface area contributed by atoms with Crippen LogP contribution in [0.4, 0.5) is 11.4 Å². The van der Waals surface area contributed by atoms with Crippen LogP contribution < -0.4 is 9.80 Å². The molecule has 0 fully saturated rings. The third-order valence-corrected chi connectivity index (χ3v) is 5.78. The number of carbonyl (C=O) groups excluding carboxylic acids is 2. The Morgan fingerprint density at radius 2 is 1.06 bits per heavy atom. The molecule has 0 N–H and O–H groups in total. The molecule has 2 rings (SSSR count). The Morgan fingerprint density at radius 3 is 1.34 bits per heavy atom. The Hall–Kier alpha value is -1.62. The van der Waals surface area contributed by atoms with Crippen LogP contribution in [0.25, 0.3) is 0 Å². The first kappa shape index (κ1) is 31.4. The molecule has 0 saturated carbocycles. The van der Waals surface area contributed by atoms with Gasteiger partial charge in [-0.15, -0.1) is 0 Å². The monoisotopic (exact) mass is 700 g/mol. The van der Waals surface area contributed by atoms with Crippen molar-refractivity contribution >= 4 is 48.6 Å². The van der Waals surface area contributed by atoms with E-state index >= 15 is 0 Å². The molecule has 7 nitrogen and oxygen atoms in total. The van der Waals surface area contributed by atoms with Crippen molar-refractivity contribution in [1.82, 2.24) is 4.90 Å². The Bertz CT molecular complexity index is 838. The van der Waals surface area contributed by atoms with E-state index in [4.69, 9.17) is 34.7 Å². The van der Waals surface area contributed by atoms with Crippen molar-refractivity contribution in [3.63, 3.8) is 0 Å². The van der Waals surface area contributed by atoms with Gasteiger partial charge in [0.25, 0.3) is 0 Å². The van der Waals surface area contributed by atoms with Gasteiger partial charge in [0.1, 0.15) is 0 Å². The second-order valence-electron chi connectivity index (χ2n) is 8.20. The van der Waals surface area contributed by atoms with Crippen LogP contribution in [0.5, 0.6) is 0 Å². The molecule has 0 spiro atoms. The van der Waals surface area contributed by atoms with Gasteiger partial charge in [-0.25, -0.2) is 14.3 Å². The molecule has 0 aliphatic rings. The van der Waals surface area contributed by atoms with Crippen LogP contribution in [0, 0.1) is 0 Å². The summed E-state index contributed by atoms with van der Waals surface area (Å²) in [6, 6.07) is 14.5. The second kappa shape index (κ2) is 16.2. The van der Waals surface area contributed by atoms with E-state index in [1.165, 1.54) is 0 Å². The van der Waals surface area contributed by atoms with E-state index in [1.54, 1.807) is 24.3 Å². The summed E-state index contributed by atoms with van der Waals surface area (Å²) in [7, 11) is 7.77. The van der Waals surface area contributed by atoms with Crippen molar-refractivity contribution in [2.75, 3.05) is 64.3 Å². The zero-order chi connectivity index (χ0) is 25.1. The van der Waals surface area contributed by atoms with Gasteiger partial charge in [0.2, 0.25) is 0 Å². The summed E-state index contributed by atoms with van der Waals surface area (Å²) in [5, 5.41) is 0. The van der Waals surface area contributed by atoms with Gasteiger partial charge in [-0.3, -0.25) is 0 Å². The van der Waals surface area contributed by atoms with E-state index in [0.29, 0.717) is 37.1 Å². The average Bonchev–Trinajstić information content (AvgIpc) is 2.82. The van der Waals surface area contributed by atoms with Gasteiger partial charge in [-0.1, -0.05) is 0 Å². The van der Waals surface area contributed by atoms with Crippen LogP contribution in [0.15, 0.2) is 48.5 Å². The molecule has 1 radical (unpaired) electrons. The first-order chi connectivity index (χ1) is 16.2. The van der Waals surface area contributed by atoms with E-state index in [0.717, 1.165) is 11.4 Å². The van der Waals surface area contributed by atoms with Gasteiger partial charge in [0.05, 0.1) is 24.3 Å². The molecule has 197 valence electrons. The summed E-state index contributed by atoms with van der Waals surface area (Å²) < 4.78 is 10.3. The summed E-state index contributed by atoms with van der Waals surface area (Å²) in [5.74, 6) is -0.702. The summed E-state index contributed by atoms with van der Waals surface area (Å²) in [6.07, 6.45) is 1.23. The maximum Gasteiger partial charge on any atom is 0.338 e. The zero-order valence-corrected chi connectivity index (χ0v) is 24.3. The Morgan fingerprint density at radius 1 is 0.714 bits per heavy atom. The Balaban J connectivity index is 0.00000612. The van der Waals surface area contributed by atoms with E-state index in [9.17, 15) is 9.59 Å². The zero-order valence-electron chi connectivity index (χ0n) is 20.5. The number of rotatable bonds is 13. The summed E-state index contributed by atoms with van der Waals surface area (Å²) in [4.78, 5) is 30.3. The molecule has 0 aliphatic heterocycles. The van der Waals surface area contributed by atoms with Gasteiger partial charge in [-0.05, 0) is 74.5 Å². The number of hydrogen-bond donors (Lipinski definition) is 0. The molecule has 0 bridgehead atoms. The molecule has 35 heavy (non-hydrogen) atoms. The third kappa shape index (κ3) is 10.9. The van der Waals surface area contributed by atoms with Crippen LogP contribution in [0.1, 0.15) is 33.6 Å². The number of anilines is 2. The molecule has 0 aliphatic carbocycles. The Kier molecular flexibility index (Phi) is 14.5. The van der Waals surface area contributed by atoms with Gasteiger partial charge in [0.15, 0.2) is 0 Å². The molecule has 0 unspecified atom stereocenters. The average molecular weight is 701 g/mol. The predicted octanol–water partition coefficient (Wildman–Crippen LogP) is 3.29. The van der Waals surface area contributed by atoms with Crippen molar-refractivity contribution in [2.45, 2.75) is 17.5 Å². The normalized spacial score (nSPS) is 10.6. The first-order valence-electron chi connectivity index (χ1n) is 11.1. The molecule has 2 aromatic carbocycles. The molecule has 2 aromatic rings. The predicted molar refractivity (Wildman–Crippen MR) is 141 cm³/mol. The number of nitrogens with zero attached hydrogens (tertiary/aromatic N) is 3. The first-order valence-corrected chi connectivity index (χ1v) is 12.1. The minimum absolute atomic E-state index is 0. The molecule has 0 atom stereocenters. The van der Waals surface area contributed by atoms with Gasteiger partial charge < -0.3 is 49.4 Å². The fourth-order valence-corrected chi connectivity index (χ4v) is 3.57. The molecular weight excluding hydrogens is 667 g/mol.